The molecule has 98 valence electrons. The van der Waals surface area contributed by atoms with Crippen LogP contribution >= 0.6 is 0 Å². The molecule has 1 aromatic heterocycles. The van der Waals surface area contributed by atoms with Crippen molar-refractivity contribution in [3.63, 3.8) is 0 Å². The number of aryl methyl sites for hydroxylation is 1. The second-order valence-electron chi connectivity index (χ2n) is 4.09. The molecule has 0 atom stereocenters. The van der Waals surface area contributed by atoms with E-state index in [4.69, 9.17) is 5.73 Å². The largest absolute Gasteiger partial charge is 0.368 e. The summed E-state index contributed by atoms with van der Waals surface area (Å²) in [6, 6.07) is 5.65. The minimum atomic E-state index is -0.549. The molecule has 7 heteroatoms. The molecule has 0 saturated heterocycles. The van der Waals surface area contributed by atoms with Crippen LogP contribution in [0.1, 0.15) is 11.1 Å². The number of nitrogen functional groups attached to an aromatic ring is 1. The predicted molar refractivity (Wildman–Crippen MR) is 72.3 cm³/mol. The van der Waals surface area contributed by atoms with E-state index in [1.807, 2.05) is 32.0 Å². The van der Waals surface area contributed by atoms with E-state index >= 15 is 0 Å². The second kappa shape index (κ2) is 4.89. The van der Waals surface area contributed by atoms with E-state index in [0.29, 0.717) is 0 Å². The van der Waals surface area contributed by atoms with Crippen LogP contribution in [0.2, 0.25) is 0 Å². The SMILES string of the molecule is Cc1cccc(Nc2nc(N)ncc2[N+](=O)[O-])c1C. The van der Waals surface area contributed by atoms with Crippen LogP contribution in [0.3, 0.4) is 0 Å². The first-order chi connectivity index (χ1) is 8.99. The summed E-state index contributed by atoms with van der Waals surface area (Å²) in [5, 5.41) is 13.9. The van der Waals surface area contributed by atoms with E-state index in [1.165, 1.54) is 0 Å². The number of nitrogens with one attached hydrogen (secondary N) is 1. The van der Waals surface area contributed by atoms with Crippen molar-refractivity contribution in [3.05, 3.63) is 45.6 Å². The van der Waals surface area contributed by atoms with Gasteiger partial charge < -0.3 is 11.1 Å². The number of hydrogen-bond donors (Lipinski definition) is 2. The topological polar surface area (TPSA) is 107 Å². The third-order valence-electron chi connectivity index (χ3n) is 2.84. The van der Waals surface area contributed by atoms with Crippen molar-refractivity contribution in [3.8, 4) is 0 Å². The maximum atomic E-state index is 10.9. The van der Waals surface area contributed by atoms with Crippen LogP contribution in [-0.4, -0.2) is 14.9 Å². The molecule has 1 aromatic carbocycles. The molecule has 0 radical (unpaired) electrons. The summed E-state index contributed by atoms with van der Waals surface area (Å²) in [5.41, 5.74) is 8.08. The van der Waals surface area contributed by atoms with Gasteiger partial charge in [0.15, 0.2) is 0 Å². The van der Waals surface area contributed by atoms with Crippen LogP contribution < -0.4 is 11.1 Å². The molecule has 0 fully saturated rings. The minimum absolute atomic E-state index is 0.0154. The van der Waals surface area contributed by atoms with Crippen LogP contribution in [0, 0.1) is 24.0 Å². The zero-order valence-electron chi connectivity index (χ0n) is 10.5. The Bertz CT molecular complexity index is 642. The number of nitrogens with two attached hydrogens (primary N) is 1. The number of aromatic nitrogens is 2. The quantitative estimate of drug-likeness (QED) is 0.647. The number of rotatable bonds is 3. The molecule has 0 saturated carbocycles. The molecule has 3 N–H and O–H groups in total. The molecule has 0 amide bonds. The molecule has 2 aromatic rings. The van der Waals surface area contributed by atoms with Gasteiger partial charge >= 0.3 is 5.69 Å². The maximum Gasteiger partial charge on any atom is 0.329 e. The molecule has 0 aliphatic carbocycles. The summed E-state index contributed by atoms with van der Waals surface area (Å²) < 4.78 is 0. The molecule has 7 nitrogen and oxygen atoms in total. The zero-order valence-corrected chi connectivity index (χ0v) is 10.5. The lowest BCUT2D eigenvalue weighted by Crippen LogP contribution is -2.05. The van der Waals surface area contributed by atoms with Gasteiger partial charge in [-0.15, -0.1) is 0 Å². The van der Waals surface area contributed by atoms with Gasteiger partial charge in [-0.05, 0) is 31.0 Å². The monoisotopic (exact) mass is 259 g/mol. The Morgan fingerprint density at radius 2 is 2.11 bits per heavy atom. The van der Waals surface area contributed by atoms with Crippen molar-refractivity contribution in [2.24, 2.45) is 0 Å². The van der Waals surface area contributed by atoms with Gasteiger partial charge in [-0.1, -0.05) is 12.1 Å². The summed E-state index contributed by atoms with van der Waals surface area (Å²) in [4.78, 5) is 17.9. The predicted octanol–water partition coefficient (Wildman–Crippen LogP) is 2.33. The van der Waals surface area contributed by atoms with E-state index in [-0.39, 0.29) is 17.5 Å². The molecule has 2 rings (SSSR count). The Balaban J connectivity index is 2.45. The normalized spacial score (nSPS) is 10.2. The highest BCUT2D eigenvalue weighted by Crippen LogP contribution is 2.27. The zero-order chi connectivity index (χ0) is 14.0. The van der Waals surface area contributed by atoms with Gasteiger partial charge in [0.25, 0.3) is 0 Å². The molecule has 1 heterocycles. The molecule has 0 aliphatic heterocycles. The van der Waals surface area contributed by atoms with Crippen LogP contribution in [0.15, 0.2) is 24.4 Å². The van der Waals surface area contributed by atoms with Crippen molar-refractivity contribution in [2.45, 2.75) is 13.8 Å². The third-order valence-corrected chi connectivity index (χ3v) is 2.84. The second-order valence-corrected chi connectivity index (χ2v) is 4.09. The van der Waals surface area contributed by atoms with Crippen molar-refractivity contribution < 1.29 is 4.92 Å². The summed E-state index contributed by atoms with van der Waals surface area (Å²) in [6.07, 6.45) is 1.09. The van der Waals surface area contributed by atoms with Crippen molar-refractivity contribution >= 4 is 23.1 Å². The van der Waals surface area contributed by atoms with Gasteiger partial charge in [-0.2, -0.15) is 4.98 Å². The third kappa shape index (κ3) is 2.59. The Kier molecular flexibility index (Phi) is 3.28. The molecule has 0 bridgehead atoms. The highest BCUT2D eigenvalue weighted by atomic mass is 16.6. The van der Waals surface area contributed by atoms with Crippen LogP contribution in [0.25, 0.3) is 0 Å². The summed E-state index contributed by atoms with van der Waals surface area (Å²) in [5.74, 6) is 0.0737. The molecular formula is C12H13N5O2. The van der Waals surface area contributed by atoms with E-state index < -0.39 is 4.92 Å². The molecule has 0 unspecified atom stereocenters. The minimum Gasteiger partial charge on any atom is -0.368 e. The van der Waals surface area contributed by atoms with Crippen molar-refractivity contribution in [2.75, 3.05) is 11.1 Å². The number of anilines is 3. The van der Waals surface area contributed by atoms with Gasteiger partial charge in [0.05, 0.1) is 4.92 Å². The fraction of sp³-hybridized carbons (Fsp3) is 0.167. The van der Waals surface area contributed by atoms with E-state index in [2.05, 4.69) is 15.3 Å². The summed E-state index contributed by atoms with van der Waals surface area (Å²) >= 11 is 0. The standard InChI is InChI=1S/C12H13N5O2/c1-7-4-3-5-9(8(7)2)15-11-10(17(18)19)6-14-12(13)16-11/h3-6H,1-2H3,(H3,13,14,15,16). The Morgan fingerprint density at radius 1 is 1.37 bits per heavy atom. The van der Waals surface area contributed by atoms with Gasteiger partial charge in [0, 0.05) is 5.69 Å². The van der Waals surface area contributed by atoms with Crippen molar-refractivity contribution in [1.82, 2.24) is 9.97 Å². The number of nitro groups is 1. The lowest BCUT2D eigenvalue weighted by atomic mass is 10.1. The number of benzene rings is 1. The fourth-order valence-electron chi connectivity index (χ4n) is 1.63. The number of hydrogen-bond acceptors (Lipinski definition) is 6. The lowest BCUT2D eigenvalue weighted by Gasteiger charge is -2.10. The first kappa shape index (κ1) is 12.7. The highest BCUT2D eigenvalue weighted by Gasteiger charge is 2.17. The first-order valence-electron chi connectivity index (χ1n) is 5.59. The Labute approximate surface area is 109 Å². The van der Waals surface area contributed by atoms with Crippen LogP contribution in [0.5, 0.6) is 0 Å². The summed E-state index contributed by atoms with van der Waals surface area (Å²) in [7, 11) is 0. The Hall–Kier alpha value is -2.70. The van der Waals surface area contributed by atoms with Crippen LogP contribution in [0.4, 0.5) is 23.1 Å². The highest BCUT2D eigenvalue weighted by molar-refractivity contribution is 5.68. The molecule has 0 spiro atoms. The maximum absolute atomic E-state index is 10.9. The van der Waals surface area contributed by atoms with Gasteiger partial charge in [0.2, 0.25) is 11.8 Å². The van der Waals surface area contributed by atoms with Crippen molar-refractivity contribution in [1.29, 1.82) is 0 Å². The average molecular weight is 259 g/mol. The molecule has 0 aliphatic rings. The molecular weight excluding hydrogens is 246 g/mol. The number of nitrogens with zero attached hydrogens (tertiary/aromatic N) is 3. The molecule has 19 heavy (non-hydrogen) atoms. The smallest absolute Gasteiger partial charge is 0.329 e. The fourth-order valence-corrected chi connectivity index (χ4v) is 1.63. The van der Waals surface area contributed by atoms with E-state index in [1.54, 1.807) is 0 Å². The average Bonchev–Trinajstić information content (AvgIpc) is 2.35. The lowest BCUT2D eigenvalue weighted by molar-refractivity contribution is -0.384. The first-order valence-corrected chi connectivity index (χ1v) is 5.59. The van der Waals surface area contributed by atoms with Gasteiger partial charge in [0.1, 0.15) is 6.20 Å². The van der Waals surface area contributed by atoms with Gasteiger partial charge in [-0.3, -0.25) is 10.1 Å². The summed E-state index contributed by atoms with van der Waals surface area (Å²) in [6.45, 7) is 3.89. The Morgan fingerprint density at radius 3 is 2.79 bits per heavy atom. The van der Waals surface area contributed by atoms with E-state index in [0.717, 1.165) is 23.0 Å². The van der Waals surface area contributed by atoms with Gasteiger partial charge in [-0.25, -0.2) is 4.98 Å². The van der Waals surface area contributed by atoms with Crippen LogP contribution in [-0.2, 0) is 0 Å². The van der Waals surface area contributed by atoms with E-state index in [9.17, 15) is 10.1 Å².